The maximum atomic E-state index is 12.1. The first-order valence-corrected chi connectivity index (χ1v) is 7.30. The standard InChI is InChI=1S/C16H17BrN2O2/c1-21-10-13-5-3-2-4-12(13)9-19-16(20)11-6-7-14(17)15(18)8-11/h2-8H,9-10,18H2,1H3,(H,19,20). The van der Waals surface area contributed by atoms with Crippen LogP contribution in [-0.2, 0) is 17.9 Å². The Labute approximate surface area is 132 Å². The molecule has 0 atom stereocenters. The molecule has 0 heterocycles. The van der Waals surface area contributed by atoms with Crippen LogP contribution in [0.3, 0.4) is 0 Å². The third-order valence-electron chi connectivity index (χ3n) is 3.12. The van der Waals surface area contributed by atoms with Crippen molar-refractivity contribution in [3.05, 3.63) is 63.6 Å². The molecule has 0 aliphatic carbocycles. The average molecular weight is 349 g/mol. The number of benzene rings is 2. The molecule has 0 bridgehead atoms. The van der Waals surface area contributed by atoms with E-state index in [2.05, 4.69) is 21.2 Å². The smallest absolute Gasteiger partial charge is 0.251 e. The summed E-state index contributed by atoms with van der Waals surface area (Å²) in [5, 5.41) is 2.90. The molecule has 110 valence electrons. The zero-order chi connectivity index (χ0) is 15.2. The molecule has 2 rings (SSSR count). The van der Waals surface area contributed by atoms with Crippen molar-refractivity contribution < 1.29 is 9.53 Å². The van der Waals surface area contributed by atoms with Gasteiger partial charge in [0, 0.05) is 29.4 Å². The maximum absolute atomic E-state index is 12.1. The molecular weight excluding hydrogens is 332 g/mol. The van der Waals surface area contributed by atoms with Gasteiger partial charge in [-0.25, -0.2) is 0 Å². The second-order valence-electron chi connectivity index (χ2n) is 4.62. The molecule has 21 heavy (non-hydrogen) atoms. The molecule has 0 spiro atoms. The topological polar surface area (TPSA) is 64.3 Å². The first kappa shape index (κ1) is 15.5. The quantitative estimate of drug-likeness (QED) is 0.816. The summed E-state index contributed by atoms with van der Waals surface area (Å²) in [7, 11) is 1.65. The van der Waals surface area contributed by atoms with E-state index in [1.807, 2.05) is 24.3 Å². The van der Waals surface area contributed by atoms with Crippen molar-refractivity contribution in [2.45, 2.75) is 13.2 Å². The second-order valence-corrected chi connectivity index (χ2v) is 5.48. The number of amides is 1. The molecule has 0 saturated heterocycles. The lowest BCUT2D eigenvalue weighted by Gasteiger charge is -2.10. The van der Waals surface area contributed by atoms with E-state index in [-0.39, 0.29) is 5.91 Å². The van der Waals surface area contributed by atoms with Gasteiger partial charge in [-0.1, -0.05) is 24.3 Å². The van der Waals surface area contributed by atoms with E-state index in [0.29, 0.717) is 24.4 Å². The molecular formula is C16H17BrN2O2. The van der Waals surface area contributed by atoms with Crippen molar-refractivity contribution >= 4 is 27.5 Å². The number of ether oxygens (including phenoxy) is 1. The molecule has 2 aromatic rings. The Kier molecular flexibility index (Phi) is 5.36. The van der Waals surface area contributed by atoms with Gasteiger partial charge in [0.25, 0.3) is 5.91 Å². The van der Waals surface area contributed by atoms with E-state index in [1.54, 1.807) is 25.3 Å². The number of halogens is 1. The van der Waals surface area contributed by atoms with E-state index in [4.69, 9.17) is 10.5 Å². The van der Waals surface area contributed by atoms with Gasteiger partial charge in [0.15, 0.2) is 0 Å². The number of methoxy groups -OCH3 is 1. The molecule has 0 aromatic heterocycles. The molecule has 5 heteroatoms. The highest BCUT2D eigenvalue weighted by molar-refractivity contribution is 9.10. The van der Waals surface area contributed by atoms with Crippen LogP contribution in [0.5, 0.6) is 0 Å². The highest BCUT2D eigenvalue weighted by Gasteiger charge is 2.08. The minimum absolute atomic E-state index is 0.151. The van der Waals surface area contributed by atoms with Crippen molar-refractivity contribution in [1.29, 1.82) is 0 Å². The van der Waals surface area contributed by atoms with E-state index in [9.17, 15) is 4.79 Å². The summed E-state index contributed by atoms with van der Waals surface area (Å²) >= 11 is 3.31. The van der Waals surface area contributed by atoms with Crippen LogP contribution in [0.1, 0.15) is 21.5 Å². The summed E-state index contributed by atoms with van der Waals surface area (Å²) in [6.45, 7) is 0.978. The first-order chi connectivity index (χ1) is 10.1. The third-order valence-corrected chi connectivity index (χ3v) is 3.84. The molecule has 1 amide bonds. The fraction of sp³-hybridized carbons (Fsp3) is 0.188. The third kappa shape index (κ3) is 4.06. The Balaban J connectivity index is 2.05. The van der Waals surface area contributed by atoms with Gasteiger partial charge >= 0.3 is 0 Å². The minimum Gasteiger partial charge on any atom is -0.398 e. The Hall–Kier alpha value is -1.85. The Morgan fingerprint density at radius 3 is 2.62 bits per heavy atom. The molecule has 0 unspecified atom stereocenters. The zero-order valence-corrected chi connectivity index (χ0v) is 13.3. The molecule has 0 aliphatic heterocycles. The number of carbonyl (C=O) groups is 1. The number of anilines is 1. The molecule has 0 aliphatic rings. The predicted molar refractivity (Wildman–Crippen MR) is 86.9 cm³/mol. The maximum Gasteiger partial charge on any atom is 0.251 e. The Morgan fingerprint density at radius 1 is 1.24 bits per heavy atom. The molecule has 0 fully saturated rings. The molecule has 2 aromatic carbocycles. The number of nitrogens with one attached hydrogen (secondary N) is 1. The second kappa shape index (κ2) is 7.24. The number of nitrogens with two attached hydrogens (primary N) is 1. The van der Waals surface area contributed by atoms with Gasteiger partial charge < -0.3 is 15.8 Å². The highest BCUT2D eigenvalue weighted by atomic mass is 79.9. The van der Waals surface area contributed by atoms with Gasteiger partial charge in [-0.15, -0.1) is 0 Å². The summed E-state index contributed by atoms with van der Waals surface area (Å²) in [5.74, 6) is -0.151. The average Bonchev–Trinajstić information content (AvgIpc) is 2.49. The van der Waals surface area contributed by atoms with Crippen LogP contribution in [0.4, 0.5) is 5.69 Å². The number of hydrogen-bond acceptors (Lipinski definition) is 3. The van der Waals surface area contributed by atoms with Crippen LogP contribution < -0.4 is 11.1 Å². The summed E-state index contributed by atoms with van der Waals surface area (Å²) in [5.41, 5.74) is 8.98. The van der Waals surface area contributed by atoms with Crippen LogP contribution >= 0.6 is 15.9 Å². The van der Waals surface area contributed by atoms with Crippen LogP contribution in [0.15, 0.2) is 46.9 Å². The normalized spacial score (nSPS) is 10.4. The van der Waals surface area contributed by atoms with Gasteiger partial charge in [-0.3, -0.25) is 4.79 Å². The van der Waals surface area contributed by atoms with Crippen molar-refractivity contribution in [3.8, 4) is 0 Å². The first-order valence-electron chi connectivity index (χ1n) is 6.50. The van der Waals surface area contributed by atoms with E-state index in [1.165, 1.54) is 0 Å². The largest absolute Gasteiger partial charge is 0.398 e. The fourth-order valence-corrected chi connectivity index (χ4v) is 2.24. The van der Waals surface area contributed by atoms with Crippen molar-refractivity contribution in [2.75, 3.05) is 12.8 Å². The Morgan fingerprint density at radius 2 is 1.95 bits per heavy atom. The summed E-state index contributed by atoms with van der Waals surface area (Å²) in [6.07, 6.45) is 0. The van der Waals surface area contributed by atoms with Crippen LogP contribution in [0, 0.1) is 0 Å². The van der Waals surface area contributed by atoms with E-state index < -0.39 is 0 Å². The van der Waals surface area contributed by atoms with Crippen LogP contribution in [-0.4, -0.2) is 13.0 Å². The number of hydrogen-bond donors (Lipinski definition) is 2. The van der Waals surface area contributed by atoms with Crippen LogP contribution in [0.2, 0.25) is 0 Å². The zero-order valence-electron chi connectivity index (χ0n) is 11.7. The molecule has 0 radical (unpaired) electrons. The van der Waals surface area contributed by atoms with Gasteiger partial charge in [-0.2, -0.15) is 0 Å². The lowest BCUT2D eigenvalue weighted by Crippen LogP contribution is -2.23. The van der Waals surface area contributed by atoms with Crippen molar-refractivity contribution in [2.24, 2.45) is 0 Å². The number of nitrogen functional groups attached to an aromatic ring is 1. The fourth-order valence-electron chi connectivity index (χ4n) is 1.99. The SMILES string of the molecule is COCc1ccccc1CNC(=O)c1ccc(Br)c(N)c1. The summed E-state index contributed by atoms with van der Waals surface area (Å²) < 4.78 is 5.94. The number of carbonyl (C=O) groups excluding carboxylic acids is 1. The molecule has 3 N–H and O–H groups in total. The summed E-state index contributed by atoms with van der Waals surface area (Å²) in [6, 6.07) is 13.0. The lowest BCUT2D eigenvalue weighted by molar-refractivity contribution is 0.0950. The minimum atomic E-state index is -0.151. The predicted octanol–water partition coefficient (Wildman–Crippen LogP) is 3.11. The lowest BCUT2D eigenvalue weighted by atomic mass is 10.1. The van der Waals surface area contributed by atoms with E-state index >= 15 is 0 Å². The monoisotopic (exact) mass is 348 g/mol. The summed E-state index contributed by atoms with van der Waals surface area (Å²) in [4.78, 5) is 12.1. The van der Waals surface area contributed by atoms with Gasteiger partial charge in [0.2, 0.25) is 0 Å². The van der Waals surface area contributed by atoms with E-state index in [0.717, 1.165) is 15.6 Å². The van der Waals surface area contributed by atoms with Gasteiger partial charge in [0.1, 0.15) is 0 Å². The van der Waals surface area contributed by atoms with Crippen molar-refractivity contribution in [3.63, 3.8) is 0 Å². The van der Waals surface area contributed by atoms with Crippen LogP contribution in [0.25, 0.3) is 0 Å². The van der Waals surface area contributed by atoms with Gasteiger partial charge in [0.05, 0.1) is 6.61 Å². The molecule has 4 nitrogen and oxygen atoms in total. The highest BCUT2D eigenvalue weighted by Crippen LogP contribution is 2.20. The van der Waals surface area contributed by atoms with Crippen molar-refractivity contribution in [1.82, 2.24) is 5.32 Å². The van der Waals surface area contributed by atoms with Gasteiger partial charge in [-0.05, 0) is 45.3 Å². The Bertz CT molecular complexity index is 644. The number of rotatable bonds is 5. The molecule has 0 saturated carbocycles.